The van der Waals surface area contributed by atoms with E-state index in [4.69, 9.17) is 11.6 Å². The van der Waals surface area contributed by atoms with Gasteiger partial charge in [-0.2, -0.15) is 0 Å². The second kappa shape index (κ2) is 11.0. The van der Waals surface area contributed by atoms with Crippen molar-refractivity contribution in [2.45, 2.75) is 19.9 Å². The molecule has 0 bridgehead atoms. The van der Waals surface area contributed by atoms with Crippen molar-refractivity contribution in [3.63, 3.8) is 0 Å². The van der Waals surface area contributed by atoms with E-state index in [2.05, 4.69) is 15.6 Å². The van der Waals surface area contributed by atoms with Crippen LogP contribution in [0.25, 0.3) is 0 Å². The molecule has 1 aromatic heterocycles. The number of carboxylic acid groups (broad SMARTS) is 1. The summed E-state index contributed by atoms with van der Waals surface area (Å²) in [6, 6.07) is 10.8. The zero-order valence-electron chi connectivity index (χ0n) is 16.6. The van der Waals surface area contributed by atoms with Gasteiger partial charge in [0.15, 0.2) is 0 Å². The predicted molar refractivity (Wildman–Crippen MR) is 110 cm³/mol. The summed E-state index contributed by atoms with van der Waals surface area (Å²) in [5.41, 5.74) is 1.17. The molecular formula is C21H22ClN4O4-. The highest BCUT2D eigenvalue weighted by atomic mass is 35.5. The van der Waals surface area contributed by atoms with Crippen LogP contribution in [0.3, 0.4) is 0 Å². The molecule has 0 saturated carbocycles. The smallest absolute Gasteiger partial charge is 0.322 e. The van der Waals surface area contributed by atoms with Gasteiger partial charge in [-0.1, -0.05) is 29.8 Å². The number of pyridine rings is 1. The van der Waals surface area contributed by atoms with E-state index in [-0.39, 0.29) is 11.5 Å². The van der Waals surface area contributed by atoms with Gasteiger partial charge < -0.3 is 25.4 Å². The number of halogens is 1. The van der Waals surface area contributed by atoms with Gasteiger partial charge in [-0.3, -0.25) is 9.78 Å². The molecule has 158 valence electrons. The van der Waals surface area contributed by atoms with Crippen molar-refractivity contribution in [3.8, 4) is 0 Å². The maximum atomic E-state index is 12.5. The third kappa shape index (κ3) is 6.05. The molecule has 8 nitrogen and oxygen atoms in total. The van der Waals surface area contributed by atoms with Crippen molar-refractivity contribution < 1.29 is 19.5 Å². The number of aromatic nitrogens is 1. The largest absolute Gasteiger partial charge is 0.548 e. The summed E-state index contributed by atoms with van der Waals surface area (Å²) in [7, 11) is 0. The van der Waals surface area contributed by atoms with E-state index in [1.165, 1.54) is 0 Å². The average Bonchev–Trinajstić information content (AvgIpc) is 2.71. The monoisotopic (exact) mass is 429 g/mol. The first-order chi connectivity index (χ1) is 14.3. The van der Waals surface area contributed by atoms with Gasteiger partial charge in [-0.15, -0.1) is 0 Å². The zero-order valence-corrected chi connectivity index (χ0v) is 17.3. The van der Waals surface area contributed by atoms with Gasteiger partial charge in [-0.25, -0.2) is 4.79 Å². The summed E-state index contributed by atoms with van der Waals surface area (Å²) in [5.74, 6) is -1.81. The van der Waals surface area contributed by atoms with Crippen molar-refractivity contribution in [3.05, 3.63) is 76.7 Å². The van der Waals surface area contributed by atoms with Gasteiger partial charge in [0.1, 0.15) is 0 Å². The number of allylic oxidation sites excluding steroid dienone is 1. The van der Waals surface area contributed by atoms with Gasteiger partial charge in [-0.05, 0) is 43.7 Å². The molecule has 0 spiro atoms. The molecule has 3 rings (SSSR count). The number of hydrogen-bond donors (Lipinski definition) is 2. The Morgan fingerprint density at radius 2 is 1.93 bits per heavy atom. The second-order valence-electron chi connectivity index (χ2n) is 6.31. The molecule has 2 heterocycles. The molecule has 0 fully saturated rings. The molecular weight excluding hydrogens is 408 g/mol. The Morgan fingerprint density at radius 3 is 2.43 bits per heavy atom. The number of benzene rings is 1. The SMILES string of the molecule is CCNC(=O)C1=C(C)NC(=O)N(CC(=O)[O-])C1c1cccc(Cl)c1.c1ccncc1. The van der Waals surface area contributed by atoms with Crippen molar-refractivity contribution in [1.82, 2.24) is 20.5 Å². The number of hydrogen-bond acceptors (Lipinski definition) is 5. The fourth-order valence-corrected chi connectivity index (χ4v) is 3.16. The quantitative estimate of drug-likeness (QED) is 0.750. The molecule has 30 heavy (non-hydrogen) atoms. The number of nitrogens with one attached hydrogen (secondary N) is 2. The molecule has 0 radical (unpaired) electrons. The minimum Gasteiger partial charge on any atom is -0.548 e. The first-order valence-corrected chi connectivity index (χ1v) is 9.59. The Morgan fingerprint density at radius 1 is 1.23 bits per heavy atom. The van der Waals surface area contributed by atoms with E-state index in [9.17, 15) is 19.5 Å². The van der Waals surface area contributed by atoms with Crippen LogP contribution < -0.4 is 15.7 Å². The zero-order chi connectivity index (χ0) is 22.1. The molecule has 1 unspecified atom stereocenters. The fourth-order valence-electron chi connectivity index (χ4n) is 2.97. The van der Waals surface area contributed by atoms with Crippen LogP contribution in [0.15, 0.2) is 66.1 Å². The van der Waals surface area contributed by atoms with Crippen molar-refractivity contribution >= 4 is 29.5 Å². The molecule has 2 aromatic rings. The van der Waals surface area contributed by atoms with Gasteiger partial charge in [0, 0.05) is 29.7 Å². The lowest BCUT2D eigenvalue weighted by molar-refractivity contribution is -0.306. The Labute approximate surface area is 179 Å². The highest BCUT2D eigenvalue weighted by Crippen LogP contribution is 2.34. The third-order valence-corrected chi connectivity index (χ3v) is 4.39. The molecule has 1 aromatic carbocycles. The second-order valence-corrected chi connectivity index (χ2v) is 6.75. The number of carboxylic acids is 1. The summed E-state index contributed by atoms with van der Waals surface area (Å²) in [4.78, 5) is 40.6. The minimum atomic E-state index is -1.42. The topological polar surface area (TPSA) is 114 Å². The number of nitrogens with zero attached hydrogens (tertiary/aromatic N) is 2. The van der Waals surface area contributed by atoms with Crippen LogP contribution in [-0.4, -0.2) is 40.9 Å². The van der Waals surface area contributed by atoms with E-state index in [1.54, 1.807) is 50.5 Å². The fraction of sp³-hybridized carbons (Fsp3) is 0.238. The number of carbonyl (C=O) groups excluding carboxylic acids is 3. The predicted octanol–water partition coefficient (Wildman–Crippen LogP) is 1.65. The normalized spacial score (nSPS) is 15.6. The van der Waals surface area contributed by atoms with Crippen LogP contribution in [-0.2, 0) is 9.59 Å². The number of rotatable bonds is 5. The third-order valence-electron chi connectivity index (χ3n) is 4.16. The molecule has 9 heteroatoms. The average molecular weight is 430 g/mol. The Balaban J connectivity index is 0.000000456. The first kappa shape index (κ1) is 22.9. The number of urea groups is 1. The van der Waals surface area contributed by atoms with Gasteiger partial charge in [0.2, 0.25) is 0 Å². The highest BCUT2D eigenvalue weighted by Gasteiger charge is 2.37. The molecule has 2 N–H and O–H groups in total. The lowest BCUT2D eigenvalue weighted by Gasteiger charge is -2.38. The number of carbonyl (C=O) groups is 3. The molecule has 0 saturated heterocycles. The summed E-state index contributed by atoms with van der Waals surface area (Å²) in [5, 5.41) is 16.7. The van der Waals surface area contributed by atoms with E-state index in [0.717, 1.165) is 4.90 Å². The summed E-state index contributed by atoms with van der Waals surface area (Å²) < 4.78 is 0. The highest BCUT2D eigenvalue weighted by molar-refractivity contribution is 6.30. The van der Waals surface area contributed by atoms with E-state index in [0.29, 0.717) is 22.8 Å². The summed E-state index contributed by atoms with van der Waals surface area (Å²) in [6.07, 6.45) is 3.50. The van der Waals surface area contributed by atoms with Gasteiger partial charge >= 0.3 is 6.03 Å². The number of amides is 3. The summed E-state index contributed by atoms with van der Waals surface area (Å²) in [6.45, 7) is 3.10. The molecule has 3 amide bonds. The van der Waals surface area contributed by atoms with Crippen LogP contribution >= 0.6 is 11.6 Å². The van der Waals surface area contributed by atoms with Crippen LogP contribution in [0.1, 0.15) is 25.5 Å². The molecule has 1 aliphatic heterocycles. The Bertz CT molecular complexity index is 907. The number of aliphatic carboxylic acids is 1. The standard InChI is InChI=1S/C16H18ClN3O4.C5H5N/c1-3-18-15(23)13-9(2)19-16(24)20(8-12(21)22)14(13)10-5-4-6-11(17)7-10;1-2-4-6-5-3-1/h4-7,14H,3,8H2,1-2H3,(H,18,23)(H,19,24)(H,21,22);1-5H/p-1. The maximum Gasteiger partial charge on any atom is 0.322 e. The van der Waals surface area contributed by atoms with Crippen molar-refractivity contribution in [1.29, 1.82) is 0 Å². The lowest BCUT2D eigenvalue weighted by Crippen LogP contribution is -2.53. The van der Waals surface area contributed by atoms with E-state index < -0.39 is 24.6 Å². The molecule has 0 aliphatic carbocycles. The molecule has 1 aliphatic rings. The van der Waals surface area contributed by atoms with E-state index >= 15 is 0 Å². The Hall–Kier alpha value is -3.39. The van der Waals surface area contributed by atoms with Crippen molar-refractivity contribution in [2.24, 2.45) is 0 Å². The van der Waals surface area contributed by atoms with Crippen LogP contribution in [0.2, 0.25) is 5.02 Å². The summed E-state index contributed by atoms with van der Waals surface area (Å²) >= 11 is 6.01. The van der Waals surface area contributed by atoms with Gasteiger partial charge in [0.25, 0.3) is 5.91 Å². The lowest BCUT2D eigenvalue weighted by atomic mass is 9.93. The minimum absolute atomic E-state index is 0.264. The Kier molecular flexibility index (Phi) is 8.37. The molecule has 1 atom stereocenters. The van der Waals surface area contributed by atoms with E-state index in [1.807, 2.05) is 18.2 Å². The van der Waals surface area contributed by atoms with Crippen LogP contribution in [0.5, 0.6) is 0 Å². The number of likely N-dealkylation sites (N-methyl/N-ethyl adjacent to an activating group) is 1. The van der Waals surface area contributed by atoms with Crippen LogP contribution in [0, 0.1) is 0 Å². The van der Waals surface area contributed by atoms with Crippen molar-refractivity contribution in [2.75, 3.05) is 13.1 Å². The van der Waals surface area contributed by atoms with Crippen LogP contribution in [0.4, 0.5) is 4.79 Å². The van der Waals surface area contributed by atoms with Gasteiger partial charge in [0.05, 0.1) is 24.1 Å². The first-order valence-electron chi connectivity index (χ1n) is 9.22. The maximum absolute atomic E-state index is 12.5.